The largest absolute Gasteiger partial charge is 0.349 e. The molecule has 2 aromatic carbocycles. The number of rotatable bonds is 7. The number of anilines is 1. The first kappa shape index (κ1) is 21.3. The van der Waals surface area contributed by atoms with E-state index in [9.17, 15) is 9.59 Å². The van der Waals surface area contributed by atoms with Gasteiger partial charge in [0.2, 0.25) is 0 Å². The van der Waals surface area contributed by atoms with Gasteiger partial charge in [0.25, 0.3) is 11.8 Å². The quantitative estimate of drug-likeness (QED) is 0.653. The van der Waals surface area contributed by atoms with Crippen LogP contribution in [0, 0.1) is 6.92 Å². The summed E-state index contributed by atoms with van der Waals surface area (Å²) in [5.74, 6) is 0.0241. The SMILES string of the molecule is CSC[C@H](C)NC(=O)c1c(Cl)cccc1C(=O)Nc1ccc(CN)cc1C. The van der Waals surface area contributed by atoms with E-state index in [1.54, 1.807) is 36.0 Å². The Morgan fingerprint density at radius 2 is 1.96 bits per heavy atom. The Morgan fingerprint density at radius 1 is 1.22 bits per heavy atom. The second-order valence-corrected chi connectivity index (χ2v) is 7.62. The molecule has 0 heterocycles. The van der Waals surface area contributed by atoms with Crippen LogP contribution in [0.5, 0.6) is 0 Å². The fourth-order valence-electron chi connectivity index (χ4n) is 2.71. The molecule has 0 fully saturated rings. The Labute approximate surface area is 169 Å². The van der Waals surface area contributed by atoms with Gasteiger partial charge in [0.15, 0.2) is 0 Å². The van der Waals surface area contributed by atoms with E-state index >= 15 is 0 Å². The standard InChI is InChI=1S/C20H24ClN3O2S/c1-12-9-14(10-22)7-8-17(12)24-19(25)15-5-4-6-16(21)18(15)20(26)23-13(2)11-27-3/h4-9,13H,10-11,22H2,1-3H3,(H,23,26)(H,24,25)/t13-/m0/s1. The zero-order chi connectivity index (χ0) is 20.0. The summed E-state index contributed by atoms with van der Waals surface area (Å²) in [5.41, 5.74) is 8.61. The third kappa shape index (κ3) is 5.48. The number of halogens is 1. The molecule has 0 aliphatic rings. The van der Waals surface area contributed by atoms with Crippen molar-refractivity contribution in [1.29, 1.82) is 0 Å². The van der Waals surface area contributed by atoms with Crippen molar-refractivity contribution in [2.75, 3.05) is 17.3 Å². The number of carbonyl (C=O) groups is 2. The highest BCUT2D eigenvalue weighted by Crippen LogP contribution is 2.23. The van der Waals surface area contributed by atoms with Gasteiger partial charge in [0.05, 0.1) is 16.1 Å². The maximum absolute atomic E-state index is 12.8. The molecule has 144 valence electrons. The fourth-order valence-corrected chi connectivity index (χ4v) is 3.56. The first-order chi connectivity index (χ1) is 12.9. The molecular weight excluding hydrogens is 382 g/mol. The average Bonchev–Trinajstić information content (AvgIpc) is 2.63. The van der Waals surface area contributed by atoms with Gasteiger partial charge < -0.3 is 16.4 Å². The number of nitrogens with one attached hydrogen (secondary N) is 2. The fraction of sp³-hybridized carbons (Fsp3) is 0.300. The number of hydrogen-bond acceptors (Lipinski definition) is 4. The maximum atomic E-state index is 12.8. The van der Waals surface area contributed by atoms with Gasteiger partial charge in [-0.15, -0.1) is 0 Å². The molecule has 0 bridgehead atoms. The molecule has 27 heavy (non-hydrogen) atoms. The number of aryl methyl sites for hydroxylation is 1. The summed E-state index contributed by atoms with van der Waals surface area (Å²) in [5, 5.41) is 5.98. The molecule has 0 aromatic heterocycles. The van der Waals surface area contributed by atoms with Crippen molar-refractivity contribution in [3.05, 3.63) is 63.7 Å². The summed E-state index contributed by atoms with van der Waals surface area (Å²) in [6, 6.07) is 10.4. The summed E-state index contributed by atoms with van der Waals surface area (Å²) < 4.78 is 0. The highest BCUT2D eigenvalue weighted by atomic mass is 35.5. The molecule has 1 atom stereocenters. The molecule has 5 nitrogen and oxygen atoms in total. The number of nitrogens with two attached hydrogens (primary N) is 1. The average molecular weight is 406 g/mol. The highest BCUT2D eigenvalue weighted by molar-refractivity contribution is 7.98. The maximum Gasteiger partial charge on any atom is 0.256 e. The van der Waals surface area contributed by atoms with Crippen LogP contribution in [0.3, 0.4) is 0 Å². The van der Waals surface area contributed by atoms with E-state index in [1.807, 2.05) is 32.2 Å². The molecule has 2 aromatic rings. The smallest absolute Gasteiger partial charge is 0.256 e. The van der Waals surface area contributed by atoms with Gasteiger partial charge in [-0.05, 0) is 49.4 Å². The van der Waals surface area contributed by atoms with Crippen LogP contribution in [0.15, 0.2) is 36.4 Å². The molecule has 0 saturated heterocycles. The predicted octanol–water partition coefficient (Wildman–Crippen LogP) is 3.84. The lowest BCUT2D eigenvalue weighted by Gasteiger charge is -2.16. The second kappa shape index (κ2) is 9.78. The topological polar surface area (TPSA) is 84.2 Å². The lowest BCUT2D eigenvalue weighted by Crippen LogP contribution is -2.35. The van der Waals surface area contributed by atoms with Gasteiger partial charge in [-0.25, -0.2) is 0 Å². The summed E-state index contributed by atoms with van der Waals surface area (Å²) in [6.07, 6.45) is 1.97. The second-order valence-electron chi connectivity index (χ2n) is 6.30. The van der Waals surface area contributed by atoms with E-state index in [4.69, 9.17) is 17.3 Å². The molecule has 4 N–H and O–H groups in total. The van der Waals surface area contributed by atoms with Crippen LogP contribution in [0.1, 0.15) is 38.8 Å². The summed E-state index contributed by atoms with van der Waals surface area (Å²) >= 11 is 7.87. The molecule has 0 radical (unpaired) electrons. The molecule has 0 saturated carbocycles. The zero-order valence-electron chi connectivity index (χ0n) is 15.6. The Kier molecular flexibility index (Phi) is 7.71. The third-order valence-electron chi connectivity index (χ3n) is 4.05. The Morgan fingerprint density at radius 3 is 2.59 bits per heavy atom. The van der Waals surface area contributed by atoms with Gasteiger partial charge in [-0.1, -0.05) is 29.8 Å². The van der Waals surface area contributed by atoms with Crippen molar-refractivity contribution in [2.45, 2.75) is 26.4 Å². The summed E-state index contributed by atoms with van der Waals surface area (Å²) in [7, 11) is 0. The van der Waals surface area contributed by atoms with E-state index in [0.29, 0.717) is 12.2 Å². The van der Waals surface area contributed by atoms with E-state index < -0.39 is 0 Å². The monoisotopic (exact) mass is 405 g/mol. The molecule has 0 spiro atoms. The van der Waals surface area contributed by atoms with Crippen LogP contribution in [0.4, 0.5) is 5.69 Å². The van der Waals surface area contributed by atoms with Crippen molar-refractivity contribution in [3.63, 3.8) is 0 Å². The minimum absolute atomic E-state index is 0.0364. The van der Waals surface area contributed by atoms with E-state index in [0.717, 1.165) is 16.9 Å². The molecular formula is C20H24ClN3O2S. The number of thioether (sulfide) groups is 1. The van der Waals surface area contributed by atoms with Gasteiger partial charge in [0, 0.05) is 24.0 Å². The zero-order valence-corrected chi connectivity index (χ0v) is 17.2. The minimum Gasteiger partial charge on any atom is -0.349 e. The molecule has 2 rings (SSSR count). The number of carbonyl (C=O) groups excluding carboxylic acids is 2. The van der Waals surface area contributed by atoms with Crippen LogP contribution >= 0.6 is 23.4 Å². The van der Waals surface area contributed by atoms with Crippen LogP contribution < -0.4 is 16.4 Å². The molecule has 0 aliphatic heterocycles. The van der Waals surface area contributed by atoms with Crippen molar-refractivity contribution in [1.82, 2.24) is 5.32 Å². The van der Waals surface area contributed by atoms with Gasteiger partial charge in [-0.3, -0.25) is 9.59 Å². The number of benzene rings is 2. The highest BCUT2D eigenvalue weighted by Gasteiger charge is 2.21. The van der Waals surface area contributed by atoms with Crippen LogP contribution in [-0.2, 0) is 6.54 Å². The van der Waals surface area contributed by atoms with Crippen molar-refractivity contribution in [3.8, 4) is 0 Å². The first-order valence-corrected chi connectivity index (χ1v) is 10.3. The minimum atomic E-state index is -0.385. The normalized spacial score (nSPS) is 11.7. The van der Waals surface area contributed by atoms with Crippen molar-refractivity contribution < 1.29 is 9.59 Å². The predicted molar refractivity (Wildman–Crippen MR) is 114 cm³/mol. The summed E-state index contributed by atoms with van der Waals surface area (Å²) in [6.45, 7) is 4.24. The lowest BCUT2D eigenvalue weighted by molar-refractivity contribution is 0.0931. The summed E-state index contributed by atoms with van der Waals surface area (Å²) in [4.78, 5) is 25.5. The van der Waals surface area contributed by atoms with Gasteiger partial charge in [-0.2, -0.15) is 11.8 Å². The Hall–Kier alpha value is -2.02. The third-order valence-corrected chi connectivity index (χ3v) is 5.20. The number of hydrogen-bond donors (Lipinski definition) is 3. The van der Waals surface area contributed by atoms with Crippen LogP contribution in [0.2, 0.25) is 5.02 Å². The van der Waals surface area contributed by atoms with Gasteiger partial charge >= 0.3 is 0 Å². The molecule has 2 amide bonds. The molecule has 0 unspecified atom stereocenters. The van der Waals surface area contributed by atoms with Crippen molar-refractivity contribution in [2.24, 2.45) is 5.73 Å². The molecule has 7 heteroatoms. The van der Waals surface area contributed by atoms with Crippen molar-refractivity contribution >= 4 is 40.9 Å². The first-order valence-electron chi connectivity index (χ1n) is 8.56. The Bertz CT molecular complexity index is 842. The van der Waals surface area contributed by atoms with Crippen LogP contribution in [-0.4, -0.2) is 29.9 Å². The molecule has 0 aliphatic carbocycles. The van der Waals surface area contributed by atoms with E-state index in [1.165, 1.54) is 0 Å². The van der Waals surface area contributed by atoms with E-state index in [-0.39, 0.29) is 34.0 Å². The van der Waals surface area contributed by atoms with E-state index in [2.05, 4.69) is 10.6 Å². The van der Waals surface area contributed by atoms with Gasteiger partial charge in [0.1, 0.15) is 0 Å². The Balaban J connectivity index is 2.29. The number of amides is 2. The lowest BCUT2D eigenvalue weighted by atomic mass is 10.0. The van der Waals surface area contributed by atoms with Crippen LogP contribution in [0.25, 0.3) is 0 Å².